The van der Waals surface area contributed by atoms with E-state index in [1.54, 1.807) is 6.07 Å². The SMILES string of the molecule is CCCc1ccc(Oc2ccnc(F)c2F)c(OC)c1. The fourth-order valence-corrected chi connectivity index (χ4v) is 1.84. The van der Waals surface area contributed by atoms with Gasteiger partial charge in [-0.3, -0.25) is 0 Å². The normalized spacial score (nSPS) is 10.4. The number of aryl methyl sites for hydroxylation is 1. The smallest absolute Gasteiger partial charge is 0.252 e. The quantitative estimate of drug-likeness (QED) is 0.772. The van der Waals surface area contributed by atoms with Crippen molar-refractivity contribution in [3.8, 4) is 17.2 Å². The first-order valence-electron chi connectivity index (χ1n) is 6.30. The summed E-state index contributed by atoms with van der Waals surface area (Å²) in [5.74, 6) is -1.72. The molecule has 0 atom stereocenters. The molecule has 1 aromatic carbocycles. The second-order valence-electron chi connectivity index (χ2n) is 4.25. The van der Waals surface area contributed by atoms with Crippen molar-refractivity contribution in [2.75, 3.05) is 7.11 Å². The minimum Gasteiger partial charge on any atom is -0.493 e. The van der Waals surface area contributed by atoms with Crippen LogP contribution in [0.4, 0.5) is 8.78 Å². The van der Waals surface area contributed by atoms with E-state index in [0.717, 1.165) is 24.6 Å². The molecule has 0 aliphatic heterocycles. The van der Waals surface area contributed by atoms with Gasteiger partial charge in [0.1, 0.15) is 0 Å². The Bertz CT molecular complexity index is 602. The summed E-state index contributed by atoms with van der Waals surface area (Å²) in [6.07, 6.45) is 3.06. The zero-order valence-corrected chi connectivity index (χ0v) is 11.3. The van der Waals surface area contributed by atoms with Gasteiger partial charge in [-0.1, -0.05) is 19.4 Å². The number of hydrogen-bond acceptors (Lipinski definition) is 3. The third-order valence-electron chi connectivity index (χ3n) is 2.80. The van der Waals surface area contributed by atoms with Crippen molar-refractivity contribution in [3.05, 3.63) is 47.8 Å². The molecule has 0 fully saturated rings. The van der Waals surface area contributed by atoms with Crippen molar-refractivity contribution in [2.24, 2.45) is 0 Å². The summed E-state index contributed by atoms with van der Waals surface area (Å²) < 4.78 is 37.1. The second kappa shape index (κ2) is 6.32. The van der Waals surface area contributed by atoms with Gasteiger partial charge in [-0.15, -0.1) is 0 Å². The third-order valence-corrected chi connectivity index (χ3v) is 2.80. The molecule has 1 aromatic heterocycles. The highest BCUT2D eigenvalue weighted by Gasteiger charge is 2.13. The second-order valence-corrected chi connectivity index (χ2v) is 4.25. The van der Waals surface area contributed by atoms with E-state index in [-0.39, 0.29) is 5.75 Å². The predicted molar refractivity (Wildman–Crippen MR) is 71.2 cm³/mol. The minimum absolute atomic E-state index is 0.223. The van der Waals surface area contributed by atoms with Gasteiger partial charge in [-0.2, -0.15) is 8.78 Å². The third kappa shape index (κ3) is 3.04. The van der Waals surface area contributed by atoms with Crippen molar-refractivity contribution in [3.63, 3.8) is 0 Å². The molecule has 0 radical (unpaired) electrons. The first kappa shape index (κ1) is 14.2. The van der Waals surface area contributed by atoms with Crippen LogP contribution in [-0.2, 0) is 6.42 Å². The molecule has 0 bridgehead atoms. The number of halogens is 2. The molecule has 0 amide bonds. The lowest BCUT2D eigenvalue weighted by Crippen LogP contribution is -1.97. The van der Waals surface area contributed by atoms with Gasteiger partial charge in [0.05, 0.1) is 7.11 Å². The molecule has 0 spiro atoms. The van der Waals surface area contributed by atoms with Crippen LogP contribution >= 0.6 is 0 Å². The van der Waals surface area contributed by atoms with Crippen LogP contribution in [0.25, 0.3) is 0 Å². The molecule has 0 aliphatic rings. The number of aromatic nitrogens is 1. The Hall–Kier alpha value is -2.17. The van der Waals surface area contributed by atoms with Crippen LogP contribution in [-0.4, -0.2) is 12.1 Å². The van der Waals surface area contributed by atoms with Gasteiger partial charge >= 0.3 is 0 Å². The van der Waals surface area contributed by atoms with Gasteiger partial charge in [-0.05, 0) is 24.1 Å². The largest absolute Gasteiger partial charge is 0.493 e. The molecule has 106 valence electrons. The Balaban J connectivity index is 2.31. The molecule has 0 unspecified atom stereocenters. The van der Waals surface area contributed by atoms with Crippen molar-refractivity contribution in [1.29, 1.82) is 0 Å². The van der Waals surface area contributed by atoms with Crippen molar-refractivity contribution < 1.29 is 18.3 Å². The zero-order valence-electron chi connectivity index (χ0n) is 11.3. The Morgan fingerprint density at radius 1 is 1.10 bits per heavy atom. The number of benzene rings is 1. The highest BCUT2D eigenvalue weighted by atomic mass is 19.2. The Kier molecular flexibility index (Phi) is 4.50. The number of rotatable bonds is 5. The Labute approximate surface area is 116 Å². The van der Waals surface area contributed by atoms with Gasteiger partial charge < -0.3 is 9.47 Å². The van der Waals surface area contributed by atoms with Crippen LogP contribution in [0, 0.1) is 11.8 Å². The van der Waals surface area contributed by atoms with E-state index in [2.05, 4.69) is 11.9 Å². The predicted octanol–water partition coefficient (Wildman–Crippen LogP) is 4.11. The van der Waals surface area contributed by atoms with Crippen LogP contribution < -0.4 is 9.47 Å². The maximum absolute atomic E-state index is 13.5. The van der Waals surface area contributed by atoms with Crippen LogP contribution in [0.2, 0.25) is 0 Å². The molecule has 3 nitrogen and oxygen atoms in total. The number of pyridine rings is 1. The summed E-state index contributed by atoms with van der Waals surface area (Å²) in [6, 6.07) is 6.64. The monoisotopic (exact) mass is 279 g/mol. The first-order chi connectivity index (χ1) is 9.65. The van der Waals surface area contributed by atoms with E-state index in [9.17, 15) is 8.78 Å². The van der Waals surface area contributed by atoms with Crippen LogP contribution in [0.15, 0.2) is 30.5 Å². The van der Waals surface area contributed by atoms with E-state index in [1.165, 1.54) is 13.2 Å². The Morgan fingerprint density at radius 3 is 2.60 bits per heavy atom. The lowest BCUT2D eigenvalue weighted by Gasteiger charge is -2.12. The van der Waals surface area contributed by atoms with Crippen LogP contribution in [0.5, 0.6) is 17.2 Å². The molecular weight excluding hydrogens is 264 g/mol. The first-order valence-corrected chi connectivity index (χ1v) is 6.30. The molecular formula is C15H15F2NO2. The molecule has 0 saturated heterocycles. The summed E-state index contributed by atoms with van der Waals surface area (Å²) in [4.78, 5) is 3.21. The van der Waals surface area contributed by atoms with Crippen LogP contribution in [0.3, 0.4) is 0 Å². The van der Waals surface area contributed by atoms with E-state index in [0.29, 0.717) is 11.5 Å². The van der Waals surface area contributed by atoms with Crippen LogP contribution in [0.1, 0.15) is 18.9 Å². The topological polar surface area (TPSA) is 31.4 Å². The fourth-order valence-electron chi connectivity index (χ4n) is 1.84. The summed E-state index contributed by atoms with van der Waals surface area (Å²) >= 11 is 0. The highest BCUT2D eigenvalue weighted by Crippen LogP contribution is 2.33. The highest BCUT2D eigenvalue weighted by molar-refractivity contribution is 5.45. The minimum atomic E-state index is -1.19. The lowest BCUT2D eigenvalue weighted by atomic mass is 10.1. The van der Waals surface area contributed by atoms with Crippen molar-refractivity contribution in [2.45, 2.75) is 19.8 Å². The number of methoxy groups -OCH3 is 1. The fraction of sp³-hybridized carbons (Fsp3) is 0.267. The molecule has 1 heterocycles. The van der Waals surface area contributed by atoms with Gasteiger partial charge in [0.2, 0.25) is 5.82 Å². The lowest BCUT2D eigenvalue weighted by molar-refractivity contribution is 0.362. The molecule has 2 aromatic rings. The summed E-state index contributed by atoms with van der Waals surface area (Å²) in [7, 11) is 1.50. The van der Waals surface area contributed by atoms with Crippen molar-refractivity contribution >= 4 is 0 Å². The molecule has 20 heavy (non-hydrogen) atoms. The molecule has 0 aliphatic carbocycles. The number of nitrogens with zero attached hydrogens (tertiary/aromatic N) is 1. The average molecular weight is 279 g/mol. The number of ether oxygens (including phenoxy) is 2. The van der Waals surface area contributed by atoms with Gasteiger partial charge in [0.25, 0.3) is 5.95 Å². The maximum Gasteiger partial charge on any atom is 0.252 e. The van der Waals surface area contributed by atoms with Gasteiger partial charge in [0, 0.05) is 12.3 Å². The van der Waals surface area contributed by atoms with Gasteiger partial charge in [-0.25, -0.2) is 4.98 Å². The van der Waals surface area contributed by atoms with Gasteiger partial charge in [0.15, 0.2) is 17.2 Å². The summed E-state index contributed by atoms with van der Waals surface area (Å²) in [6.45, 7) is 2.08. The molecule has 0 saturated carbocycles. The summed E-state index contributed by atoms with van der Waals surface area (Å²) in [5.41, 5.74) is 1.10. The molecule has 2 rings (SSSR count). The van der Waals surface area contributed by atoms with E-state index in [1.807, 2.05) is 12.1 Å². The van der Waals surface area contributed by atoms with E-state index < -0.39 is 11.8 Å². The molecule has 5 heteroatoms. The zero-order chi connectivity index (χ0) is 14.5. The standard InChI is InChI=1S/C15H15F2NO2/c1-3-4-10-5-6-11(13(9-10)19-2)20-12-7-8-18-15(17)14(12)16/h5-9H,3-4H2,1-2H3. The average Bonchev–Trinajstić information content (AvgIpc) is 2.45. The van der Waals surface area contributed by atoms with Crippen molar-refractivity contribution in [1.82, 2.24) is 4.98 Å². The Morgan fingerprint density at radius 2 is 1.90 bits per heavy atom. The molecule has 0 N–H and O–H groups in total. The van der Waals surface area contributed by atoms with E-state index in [4.69, 9.17) is 9.47 Å². The number of hydrogen-bond donors (Lipinski definition) is 0. The summed E-state index contributed by atoms with van der Waals surface area (Å²) in [5, 5.41) is 0. The maximum atomic E-state index is 13.5. The van der Waals surface area contributed by atoms with E-state index >= 15 is 0 Å².